The number of rotatable bonds is 3. The number of carbonyl (C=O) groups excluding carboxylic acids is 1. The van der Waals surface area contributed by atoms with Gasteiger partial charge < -0.3 is 10.4 Å². The Morgan fingerprint density at radius 3 is 2.31 bits per heavy atom. The van der Waals surface area contributed by atoms with E-state index in [0.29, 0.717) is 0 Å². The zero-order valence-corrected chi connectivity index (χ0v) is 9.00. The fraction of sp³-hybridized carbons (Fsp3) is 0.800. The molecule has 0 aromatic heterocycles. The maximum atomic E-state index is 12.8. The van der Waals surface area contributed by atoms with Crippen molar-refractivity contribution in [2.75, 3.05) is 0 Å². The Balaban J connectivity index is 2.42. The van der Waals surface area contributed by atoms with Gasteiger partial charge in [0.2, 0.25) is 11.8 Å². The van der Waals surface area contributed by atoms with Gasteiger partial charge in [-0.15, -0.1) is 0 Å². The number of hydrogen-bond acceptors (Lipinski definition) is 2. The Hall–Kier alpha value is -1.20. The molecule has 0 saturated heterocycles. The van der Waals surface area contributed by atoms with Crippen LogP contribution in [0.15, 0.2) is 0 Å². The van der Waals surface area contributed by atoms with Crippen LogP contribution in [0.5, 0.6) is 0 Å². The van der Waals surface area contributed by atoms with E-state index in [2.05, 4.69) is 5.32 Å². The summed E-state index contributed by atoms with van der Waals surface area (Å²) < 4.78 is 25.6. The molecular weight excluding hydrogens is 220 g/mol. The average Bonchev–Trinajstić information content (AvgIpc) is 2.17. The molecule has 0 aromatic carbocycles. The predicted octanol–water partition coefficient (Wildman–Crippen LogP) is 1.40. The quantitative estimate of drug-likeness (QED) is 0.777. The Morgan fingerprint density at radius 1 is 1.38 bits per heavy atom. The Labute approximate surface area is 92.0 Å². The largest absolute Gasteiger partial charge is 0.480 e. The van der Waals surface area contributed by atoms with Crippen molar-refractivity contribution < 1.29 is 23.5 Å². The first-order valence-electron chi connectivity index (χ1n) is 5.23. The summed E-state index contributed by atoms with van der Waals surface area (Å²) in [6.45, 7) is 1.34. The molecule has 6 heteroatoms. The fourth-order valence-electron chi connectivity index (χ4n) is 1.70. The Bertz CT molecular complexity index is 284. The molecule has 1 rings (SSSR count). The molecule has 4 nitrogen and oxygen atoms in total. The second-order valence-electron chi connectivity index (χ2n) is 4.20. The Kier molecular flexibility index (Phi) is 3.83. The highest BCUT2D eigenvalue weighted by Crippen LogP contribution is 2.36. The zero-order chi connectivity index (χ0) is 12.3. The van der Waals surface area contributed by atoms with Crippen molar-refractivity contribution in [2.24, 2.45) is 5.92 Å². The van der Waals surface area contributed by atoms with Crippen LogP contribution in [-0.2, 0) is 9.59 Å². The Morgan fingerprint density at radius 2 is 1.88 bits per heavy atom. The van der Waals surface area contributed by atoms with Gasteiger partial charge >= 0.3 is 5.97 Å². The monoisotopic (exact) mass is 235 g/mol. The van der Waals surface area contributed by atoms with E-state index >= 15 is 0 Å². The number of aliphatic carboxylic acids is 1. The first-order chi connectivity index (χ1) is 7.32. The molecule has 0 bridgehead atoms. The maximum absolute atomic E-state index is 12.8. The van der Waals surface area contributed by atoms with Crippen molar-refractivity contribution in [2.45, 2.75) is 44.6 Å². The highest BCUT2D eigenvalue weighted by molar-refractivity contribution is 5.84. The van der Waals surface area contributed by atoms with Crippen LogP contribution in [0.25, 0.3) is 0 Å². The van der Waals surface area contributed by atoms with Crippen molar-refractivity contribution in [3.63, 3.8) is 0 Å². The highest BCUT2D eigenvalue weighted by atomic mass is 19.3. The smallest absolute Gasteiger partial charge is 0.325 e. The third-order valence-electron chi connectivity index (χ3n) is 2.82. The van der Waals surface area contributed by atoms with E-state index in [4.69, 9.17) is 5.11 Å². The number of halogens is 2. The predicted molar refractivity (Wildman–Crippen MR) is 52.1 cm³/mol. The highest BCUT2D eigenvalue weighted by Gasteiger charge is 2.37. The fourth-order valence-corrected chi connectivity index (χ4v) is 1.70. The van der Waals surface area contributed by atoms with Gasteiger partial charge in [-0.1, -0.05) is 0 Å². The van der Waals surface area contributed by atoms with Gasteiger partial charge in [-0.3, -0.25) is 9.59 Å². The van der Waals surface area contributed by atoms with Gasteiger partial charge in [0.1, 0.15) is 6.04 Å². The molecule has 1 aliphatic carbocycles. The van der Waals surface area contributed by atoms with E-state index in [9.17, 15) is 18.4 Å². The van der Waals surface area contributed by atoms with E-state index in [0.717, 1.165) is 0 Å². The molecule has 0 aromatic rings. The van der Waals surface area contributed by atoms with E-state index in [1.165, 1.54) is 6.92 Å². The third kappa shape index (κ3) is 3.43. The van der Waals surface area contributed by atoms with Gasteiger partial charge in [0, 0.05) is 18.8 Å². The lowest BCUT2D eigenvalue weighted by molar-refractivity contribution is -0.142. The lowest BCUT2D eigenvalue weighted by atomic mass is 9.86. The summed E-state index contributed by atoms with van der Waals surface area (Å²) >= 11 is 0. The average molecular weight is 235 g/mol. The van der Waals surface area contributed by atoms with Crippen molar-refractivity contribution >= 4 is 11.9 Å². The van der Waals surface area contributed by atoms with Gasteiger partial charge in [0.05, 0.1) is 0 Å². The van der Waals surface area contributed by atoms with Gasteiger partial charge in [-0.2, -0.15) is 0 Å². The summed E-state index contributed by atoms with van der Waals surface area (Å²) in [5, 5.41) is 10.9. The topological polar surface area (TPSA) is 66.4 Å². The number of nitrogens with one attached hydrogen (secondary N) is 1. The van der Waals surface area contributed by atoms with Crippen LogP contribution < -0.4 is 5.32 Å². The summed E-state index contributed by atoms with van der Waals surface area (Å²) in [5.74, 6) is -4.73. The minimum atomic E-state index is -2.67. The van der Waals surface area contributed by atoms with Gasteiger partial charge in [-0.25, -0.2) is 8.78 Å². The van der Waals surface area contributed by atoms with Crippen LogP contribution in [0.4, 0.5) is 8.78 Å². The van der Waals surface area contributed by atoms with E-state index in [-0.39, 0.29) is 25.7 Å². The summed E-state index contributed by atoms with van der Waals surface area (Å²) in [7, 11) is 0. The second-order valence-corrected chi connectivity index (χ2v) is 4.20. The molecule has 0 aliphatic heterocycles. The molecule has 1 atom stereocenters. The molecule has 0 radical (unpaired) electrons. The molecule has 1 aliphatic rings. The van der Waals surface area contributed by atoms with Crippen molar-refractivity contribution in [3.8, 4) is 0 Å². The second kappa shape index (κ2) is 4.76. The SMILES string of the molecule is CC(NC(=O)C1CCC(F)(F)CC1)C(=O)O. The first-order valence-corrected chi connectivity index (χ1v) is 5.23. The molecule has 92 valence electrons. The molecule has 1 saturated carbocycles. The minimum absolute atomic E-state index is 0.116. The third-order valence-corrected chi connectivity index (χ3v) is 2.82. The number of alkyl halides is 2. The maximum Gasteiger partial charge on any atom is 0.325 e. The van der Waals surface area contributed by atoms with Gasteiger partial charge in [0.25, 0.3) is 0 Å². The van der Waals surface area contributed by atoms with Crippen LogP contribution in [0, 0.1) is 5.92 Å². The number of hydrogen-bond donors (Lipinski definition) is 2. The summed E-state index contributed by atoms with van der Waals surface area (Å²) in [6.07, 6.45) is -0.366. The lowest BCUT2D eigenvalue weighted by Crippen LogP contribution is -2.43. The van der Waals surface area contributed by atoms with Crippen molar-refractivity contribution in [3.05, 3.63) is 0 Å². The molecule has 1 amide bonds. The lowest BCUT2D eigenvalue weighted by Gasteiger charge is -2.27. The number of carbonyl (C=O) groups is 2. The summed E-state index contributed by atoms with van der Waals surface area (Å²) in [4.78, 5) is 22.0. The zero-order valence-electron chi connectivity index (χ0n) is 9.00. The van der Waals surface area contributed by atoms with Crippen LogP contribution in [0.1, 0.15) is 32.6 Å². The van der Waals surface area contributed by atoms with Crippen LogP contribution >= 0.6 is 0 Å². The normalized spacial score (nSPS) is 22.4. The minimum Gasteiger partial charge on any atom is -0.480 e. The van der Waals surface area contributed by atoms with Crippen LogP contribution in [0.2, 0.25) is 0 Å². The number of amides is 1. The van der Waals surface area contributed by atoms with E-state index in [1.807, 2.05) is 0 Å². The molecule has 2 N–H and O–H groups in total. The van der Waals surface area contributed by atoms with Crippen LogP contribution in [0.3, 0.4) is 0 Å². The summed E-state index contributed by atoms with van der Waals surface area (Å²) in [5.41, 5.74) is 0. The number of carboxylic acid groups (broad SMARTS) is 1. The van der Waals surface area contributed by atoms with Gasteiger partial charge in [0.15, 0.2) is 0 Å². The van der Waals surface area contributed by atoms with Crippen LogP contribution in [-0.4, -0.2) is 28.9 Å². The first kappa shape index (κ1) is 12.9. The molecule has 1 fully saturated rings. The molecule has 0 heterocycles. The molecular formula is C10H15F2NO3. The molecule has 0 spiro atoms. The summed E-state index contributed by atoms with van der Waals surface area (Å²) in [6, 6.07) is -0.977. The van der Waals surface area contributed by atoms with E-state index < -0.39 is 29.8 Å². The molecule has 16 heavy (non-hydrogen) atoms. The number of carboxylic acids is 1. The van der Waals surface area contributed by atoms with E-state index in [1.54, 1.807) is 0 Å². The molecule has 1 unspecified atom stereocenters. The van der Waals surface area contributed by atoms with Crippen molar-refractivity contribution in [1.82, 2.24) is 5.32 Å². The standard InChI is InChI=1S/C10H15F2NO3/c1-6(9(15)16)13-8(14)7-2-4-10(11,12)5-3-7/h6-7H,2-5H2,1H3,(H,13,14)(H,15,16). The van der Waals surface area contributed by atoms with Crippen molar-refractivity contribution in [1.29, 1.82) is 0 Å². The van der Waals surface area contributed by atoms with Gasteiger partial charge in [-0.05, 0) is 19.8 Å².